The zero-order valence-corrected chi connectivity index (χ0v) is 17.4. The van der Waals surface area contributed by atoms with Gasteiger partial charge in [0.2, 0.25) is 0 Å². The standard InChI is InChI=1S/C20H18ClN5O2S/c1-13-3-8-17-22-15(9-19(27)26(17)10-13)12-29-20-24-23-18(25(20)2)11-28-16-6-4-14(21)5-7-16/h3-10H,11-12H2,1-2H3. The van der Waals surface area contributed by atoms with Crippen molar-refractivity contribution in [2.24, 2.45) is 7.05 Å². The highest BCUT2D eigenvalue weighted by molar-refractivity contribution is 7.98. The first kappa shape index (κ1) is 19.5. The summed E-state index contributed by atoms with van der Waals surface area (Å²) in [5, 5.41) is 9.80. The topological polar surface area (TPSA) is 74.3 Å². The molecule has 3 heterocycles. The number of benzene rings is 1. The van der Waals surface area contributed by atoms with Gasteiger partial charge in [0.15, 0.2) is 11.0 Å². The van der Waals surface area contributed by atoms with Crippen molar-refractivity contribution in [1.82, 2.24) is 24.1 Å². The molecular weight excluding hydrogens is 410 g/mol. The summed E-state index contributed by atoms with van der Waals surface area (Å²) in [5.74, 6) is 1.93. The molecule has 4 rings (SSSR count). The molecule has 0 bridgehead atoms. The highest BCUT2D eigenvalue weighted by Gasteiger charge is 2.11. The van der Waals surface area contributed by atoms with E-state index in [-0.39, 0.29) is 5.56 Å². The van der Waals surface area contributed by atoms with Crippen LogP contribution in [0.25, 0.3) is 5.65 Å². The minimum atomic E-state index is -0.0932. The molecule has 148 valence electrons. The minimum absolute atomic E-state index is 0.0932. The largest absolute Gasteiger partial charge is 0.486 e. The van der Waals surface area contributed by atoms with Gasteiger partial charge in [-0.15, -0.1) is 10.2 Å². The van der Waals surface area contributed by atoms with Crippen molar-refractivity contribution in [2.75, 3.05) is 0 Å². The van der Waals surface area contributed by atoms with Gasteiger partial charge in [-0.25, -0.2) is 4.98 Å². The van der Waals surface area contributed by atoms with Gasteiger partial charge < -0.3 is 9.30 Å². The second-order valence-electron chi connectivity index (χ2n) is 6.51. The Morgan fingerprint density at radius 2 is 1.93 bits per heavy atom. The van der Waals surface area contributed by atoms with Gasteiger partial charge in [-0.1, -0.05) is 29.4 Å². The minimum Gasteiger partial charge on any atom is -0.486 e. The van der Waals surface area contributed by atoms with Crippen molar-refractivity contribution >= 4 is 29.0 Å². The Labute approximate surface area is 176 Å². The summed E-state index contributed by atoms with van der Waals surface area (Å²) in [6.07, 6.45) is 1.79. The molecule has 4 aromatic rings. The van der Waals surface area contributed by atoms with E-state index >= 15 is 0 Å². The van der Waals surface area contributed by atoms with E-state index in [0.717, 1.165) is 10.7 Å². The lowest BCUT2D eigenvalue weighted by Gasteiger charge is -2.07. The predicted molar refractivity (Wildman–Crippen MR) is 113 cm³/mol. The van der Waals surface area contributed by atoms with Crippen molar-refractivity contribution in [3.8, 4) is 5.75 Å². The average Bonchev–Trinajstić information content (AvgIpc) is 3.06. The van der Waals surface area contributed by atoms with Gasteiger partial charge in [0, 0.05) is 30.1 Å². The van der Waals surface area contributed by atoms with E-state index in [2.05, 4.69) is 15.2 Å². The van der Waals surface area contributed by atoms with Crippen LogP contribution in [0.15, 0.2) is 58.6 Å². The Morgan fingerprint density at radius 1 is 1.14 bits per heavy atom. The van der Waals surface area contributed by atoms with Crippen LogP contribution in [0.2, 0.25) is 5.02 Å². The second-order valence-corrected chi connectivity index (χ2v) is 7.89. The molecule has 3 aromatic heterocycles. The molecule has 0 aliphatic heterocycles. The van der Waals surface area contributed by atoms with Gasteiger partial charge in [-0.05, 0) is 42.8 Å². The molecule has 0 unspecified atom stereocenters. The monoisotopic (exact) mass is 427 g/mol. The maximum atomic E-state index is 12.3. The molecule has 7 nitrogen and oxygen atoms in total. The van der Waals surface area contributed by atoms with Crippen LogP contribution in [0.3, 0.4) is 0 Å². The molecule has 1 aromatic carbocycles. The molecule has 0 spiro atoms. The van der Waals surface area contributed by atoms with Crippen LogP contribution in [0.5, 0.6) is 5.75 Å². The van der Waals surface area contributed by atoms with Gasteiger partial charge in [0.25, 0.3) is 5.56 Å². The first-order valence-electron chi connectivity index (χ1n) is 8.88. The lowest BCUT2D eigenvalue weighted by Crippen LogP contribution is -2.15. The molecule has 9 heteroatoms. The van der Waals surface area contributed by atoms with Crippen LogP contribution in [-0.2, 0) is 19.4 Å². The van der Waals surface area contributed by atoms with E-state index in [1.165, 1.54) is 11.8 Å². The van der Waals surface area contributed by atoms with Crippen molar-refractivity contribution in [3.05, 3.63) is 81.1 Å². The first-order valence-corrected chi connectivity index (χ1v) is 10.2. The SMILES string of the molecule is Cc1ccc2nc(CSc3nnc(COc4ccc(Cl)cc4)n3C)cc(=O)n2c1. The summed E-state index contributed by atoms with van der Waals surface area (Å²) in [6.45, 7) is 2.23. The number of aromatic nitrogens is 5. The predicted octanol–water partition coefficient (Wildman–Crippen LogP) is 3.66. The lowest BCUT2D eigenvalue weighted by atomic mass is 10.3. The molecule has 0 aliphatic rings. The third-order valence-corrected chi connectivity index (χ3v) is 5.62. The van der Waals surface area contributed by atoms with E-state index in [0.29, 0.717) is 40.3 Å². The zero-order valence-electron chi connectivity index (χ0n) is 15.9. The third kappa shape index (κ3) is 4.44. The molecule has 29 heavy (non-hydrogen) atoms. The highest BCUT2D eigenvalue weighted by atomic mass is 35.5. The Hall–Kier alpha value is -2.84. The van der Waals surface area contributed by atoms with Crippen molar-refractivity contribution < 1.29 is 4.74 Å². The molecule has 0 saturated heterocycles. The number of aryl methyl sites for hydroxylation is 1. The molecule has 0 aliphatic carbocycles. The summed E-state index contributed by atoms with van der Waals surface area (Å²) in [6, 6.07) is 12.5. The average molecular weight is 428 g/mol. The summed E-state index contributed by atoms with van der Waals surface area (Å²) in [5.41, 5.74) is 2.25. The fourth-order valence-electron chi connectivity index (χ4n) is 2.75. The van der Waals surface area contributed by atoms with Gasteiger partial charge in [-0.2, -0.15) is 0 Å². The van der Waals surface area contributed by atoms with Crippen LogP contribution < -0.4 is 10.3 Å². The molecular formula is C20H18ClN5O2S. The zero-order chi connectivity index (χ0) is 20.4. The number of hydrogen-bond donors (Lipinski definition) is 0. The molecule has 0 amide bonds. The maximum absolute atomic E-state index is 12.3. The van der Waals surface area contributed by atoms with Crippen LogP contribution in [0.4, 0.5) is 0 Å². The van der Waals surface area contributed by atoms with Crippen molar-refractivity contribution in [1.29, 1.82) is 0 Å². The number of thioether (sulfide) groups is 1. The Kier molecular flexibility index (Phi) is 5.55. The number of fused-ring (bicyclic) bond motifs is 1. The van der Waals surface area contributed by atoms with Crippen LogP contribution in [-0.4, -0.2) is 24.1 Å². The molecule has 0 radical (unpaired) electrons. The van der Waals surface area contributed by atoms with Crippen LogP contribution in [0, 0.1) is 6.92 Å². The van der Waals surface area contributed by atoms with Crippen molar-refractivity contribution in [3.63, 3.8) is 0 Å². The Balaban J connectivity index is 1.44. The maximum Gasteiger partial charge on any atom is 0.258 e. The van der Waals surface area contributed by atoms with E-state index in [4.69, 9.17) is 16.3 Å². The summed E-state index contributed by atoms with van der Waals surface area (Å²) >= 11 is 7.35. The first-order chi connectivity index (χ1) is 14.0. The summed E-state index contributed by atoms with van der Waals surface area (Å²) in [7, 11) is 1.88. The number of nitrogens with zero attached hydrogens (tertiary/aromatic N) is 5. The van der Waals surface area contributed by atoms with Crippen molar-refractivity contribution in [2.45, 2.75) is 24.4 Å². The number of rotatable bonds is 6. The summed E-state index contributed by atoms with van der Waals surface area (Å²) in [4.78, 5) is 16.9. The third-order valence-electron chi connectivity index (χ3n) is 4.32. The lowest BCUT2D eigenvalue weighted by molar-refractivity contribution is 0.290. The van der Waals surface area contributed by atoms with Crippen LogP contribution >= 0.6 is 23.4 Å². The number of halogens is 1. The Bertz CT molecular complexity index is 1220. The summed E-state index contributed by atoms with van der Waals surface area (Å²) < 4.78 is 9.16. The van der Waals surface area contributed by atoms with Gasteiger partial charge in [0.1, 0.15) is 18.0 Å². The fraction of sp³-hybridized carbons (Fsp3) is 0.200. The van der Waals surface area contributed by atoms with E-state index in [9.17, 15) is 4.79 Å². The molecule has 0 fully saturated rings. The number of pyridine rings is 1. The molecule has 0 atom stereocenters. The number of ether oxygens (including phenoxy) is 1. The molecule has 0 N–H and O–H groups in total. The smallest absolute Gasteiger partial charge is 0.258 e. The quantitative estimate of drug-likeness (QED) is 0.437. The number of hydrogen-bond acceptors (Lipinski definition) is 6. The van der Waals surface area contributed by atoms with Crippen LogP contribution in [0.1, 0.15) is 17.1 Å². The Morgan fingerprint density at radius 3 is 2.72 bits per heavy atom. The fourth-order valence-corrected chi connectivity index (χ4v) is 3.69. The van der Waals surface area contributed by atoms with E-state index < -0.39 is 0 Å². The van der Waals surface area contributed by atoms with E-state index in [1.54, 1.807) is 40.9 Å². The highest BCUT2D eigenvalue weighted by Crippen LogP contribution is 2.21. The second kappa shape index (κ2) is 8.26. The van der Waals surface area contributed by atoms with E-state index in [1.807, 2.05) is 30.7 Å². The van der Waals surface area contributed by atoms with Gasteiger partial charge >= 0.3 is 0 Å². The van der Waals surface area contributed by atoms with Gasteiger partial charge in [-0.3, -0.25) is 9.20 Å². The normalized spacial score (nSPS) is 11.1. The van der Waals surface area contributed by atoms with Gasteiger partial charge in [0.05, 0.1) is 5.69 Å². The molecule has 0 saturated carbocycles.